The number of carboxylic acids is 1. The van der Waals surface area contributed by atoms with Gasteiger partial charge in [-0.1, -0.05) is 0 Å². The summed E-state index contributed by atoms with van der Waals surface area (Å²) in [5.41, 5.74) is -1.59. The maximum Gasteiger partial charge on any atom is 0.420 e. The van der Waals surface area contributed by atoms with Gasteiger partial charge < -0.3 is 20.5 Å². The van der Waals surface area contributed by atoms with Crippen molar-refractivity contribution >= 4 is 17.7 Å². The van der Waals surface area contributed by atoms with E-state index in [-0.39, 0.29) is 18.7 Å². The number of rotatable bonds is 7. The molecule has 11 heteroatoms. The summed E-state index contributed by atoms with van der Waals surface area (Å²) in [5, 5.41) is 12.6. The third-order valence-corrected chi connectivity index (χ3v) is 2.53. The smallest absolute Gasteiger partial charge is 0.420 e. The molecular weight excluding hydrogens is 343 g/mol. The van der Waals surface area contributed by atoms with Crippen LogP contribution in [-0.2, 0) is 11.0 Å². The summed E-state index contributed by atoms with van der Waals surface area (Å²) in [6, 6.07) is 1.45. The third-order valence-electron chi connectivity index (χ3n) is 2.53. The number of benzene rings is 1. The van der Waals surface area contributed by atoms with E-state index in [9.17, 15) is 31.5 Å². The van der Waals surface area contributed by atoms with Crippen molar-refractivity contribution in [1.29, 1.82) is 0 Å². The van der Waals surface area contributed by atoms with Crippen LogP contribution >= 0.6 is 0 Å². The van der Waals surface area contributed by atoms with E-state index in [1.807, 2.05) is 0 Å². The fourth-order valence-corrected chi connectivity index (χ4v) is 1.57. The van der Waals surface area contributed by atoms with Gasteiger partial charge in [0.05, 0.1) is 12.0 Å². The Bertz CT molecular complexity index is 592. The first-order valence-corrected chi connectivity index (χ1v) is 6.48. The first kappa shape index (κ1) is 19.5. The van der Waals surface area contributed by atoms with Gasteiger partial charge in [-0.05, 0) is 18.2 Å². The molecule has 0 saturated heterocycles. The lowest BCUT2D eigenvalue weighted by Crippen LogP contribution is -2.30. The summed E-state index contributed by atoms with van der Waals surface area (Å²) in [4.78, 5) is 21.7. The SMILES string of the molecule is O=C(O)CCNC(=O)Nc1ccc(OCC(F)F)c(C(F)(F)F)c1. The predicted octanol–water partition coefficient (Wildman–Crippen LogP) is 2.95. The molecule has 0 bridgehead atoms. The molecule has 3 N–H and O–H groups in total. The molecule has 24 heavy (non-hydrogen) atoms. The topological polar surface area (TPSA) is 87.7 Å². The van der Waals surface area contributed by atoms with Crippen molar-refractivity contribution in [1.82, 2.24) is 5.32 Å². The molecule has 1 aromatic carbocycles. The number of amides is 2. The Hall–Kier alpha value is -2.59. The monoisotopic (exact) mass is 356 g/mol. The molecule has 1 rings (SSSR count). The first-order chi connectivity index (χ1) is 11.1. The van der Waals surface area contributed by atoms with Crippen molar-refractivity contribution in [3.63, 3.8) is 0 Å². The highest BCUT2D eigenvalue weighted by Crippen LogP contribution is 2.38. The fourth-order valence-electron chi connectivity index (χ4n) is 1.57. The fraction of sp³-hybridized carbons (Fsp3) is 0.385. The van der Waals surface area contributed by atoms with Gasteiger partial charge in [0.25, 0.3) is 6.43 Å². The normalized spacial score (nSPS) is 11.2. The van der Waals surface area contributed by atoms with Crippen LogP contribution in [0.15, 0.2) is 18.2 Å². The van der Waals surface area contributed by atoms with Gasteiger partial charge in [-0.15, -0.1) is 0 Å². The molecule has 6 nitrogen and oxygen atoms in total. The second-order valence-corrected chi connectivity index (χ2v) is 4.44. The van der Waals surface area contributed by atoms with Crippen LogP contribution in [0, 0.1) is 0 Å². The van der Waals surface area contributed by atoms with E-state index in [4.69, 9.17) is 5.11 Å². The molecule has 134 valence electrons. The highest BCUT2D eigenvalue weighted by molar-refractivity contribution is 5.89. The van der Waals surface area contributed by atoms with E-state index in [0.717, 1.165) is 12.1 Å². The van der Waals surface area contributed by atoms with Crippen molar-refractivity contribution in [2.24, 2.45) is 0 Å². The van der Waals surface area contributed by atoms with Gasteiger partial charge >= 0.3 is 18.2 Å². The van der Waals surface area contributed by atoms with Crippen LogP contribution in [0.3, 0.4) is 0 Å². The van der Waals surface area contributed by atoms with Gasteiger partial charge in [0.15, 0.2) is 0 Å². The zero-order chi connectivity index (χ0) is 18.3. The van der Waals surface area contributed by atoms with E-state index < -0.39 is 42.5 Å². The highest BCUT2D eigenvalue weighted by Gasteiger charge is 2.35. The van der Waals surface area contributed by atoms with E-state index >= 15 is 0 Å². The van der Waals surface area contributed by atoms with Crippen LogP contribution in [-0.4, -0.2) is 36.7 Å². The van der Waals surface area contributed by atoms with Crippen LogP contribution in [0.2, 0.25) is 0 Å². The number of hydrogen-bond acceptors (Lipinski definition) is 3. The maximum absolute atomic E-state index is 12.9. The zero-order valence-electron chi connectivity index (χ0n) is 12.0. The van der Waals surface area contributed by atoms with Crippen molar-refractivity contribution in [2.45, 2.75) is 19.0 Å². The van der Waals surface area contributed by atoms with Gasteiger partial charge in [-0.25, -0.2) is 13.6 Å². The standard InChI is InChI=1S/C13H13F5N2O4/c14-10(15)6-24-9-2-1-7(5-8(9)13(16,17)18)20-12(23)19-4-3-11(21)22/h1-2,5,10H,3-4,6H2,(H,21,22)(H2,19,20,23). The van der Waals surface area contributed by atoms with Crippen molar-refractivity contribution in [2.75, 3.05) is 18.5 Å². The van der Waals surface area contributed by atoms with Crippen LogP contribution in [0.4, 0.5) is 32.4 Å². The molecule has 1 aromatic rings. The first-order valence-electron chi connectivity index (χ1n) is 6.48. The number of ether oxygens (including phenoxy) is 1. The molecule has 0 saturated carbocycles. The second kappa shape index (κ2) is 8.31. The molecule has 0 heterocycles. The Balaban J connectivity index is 2.82. The molecule has 2 amide bonds. The van der Waals surface area contributed by atoms with Crippen LogP contribution in [0.5, 0.6) is 5.75 Å². The Labute approximate surface area is 132 Å². The molecule has 0 aromatic heterocycles. The molecule has 0 aliphatic rings. The summed E-state index contributed by atoms with van der Waals surface area (Å²) >= 11 is 0. The number of anilines is 1. The number of hydrogen-bond donors (Lipinski definition) is 3. The summed E-state index contributed by atoms with van der Waals surface area (Å²) in [6.07, 6.45) is -8.18. The number of carbonyl (C=O) groups excluding carboxylic acids is 1. The average Bonchev–Trinajstić information content (AvgIpc) is 2.44. The second-order valence-electron chi connectivity index (χ2n) is 4.44. The van der Waals surface area contributed by atoms with Gasteiger partial charge in [-0.3, -0.25) is 4.79 Å². The molecule has 0 unspecified atom stereocenters. The zero-order valence-corrected chi connectivity index (χ0v) is 12.0. The maximum atomic E-state index is 12.9. The highest BCUT2D eigenvalue weighted by atomic mass is 19.4. The van der Waals surface area contributed by atoms with E-state index in [1.54, 1.807) is 0 Å². The Morgan fingerprint density at radius 1 is 1.25 bits per heavy atom. The largest absolute Gasteiger partial charge is 0.487 e. The van der Waals surface area contributed by atoms with Gasteiger partial charge in [0.1, 0.15) is 12.4 Å². The number of carbonyl (C=O) groups is 2. The Morgan fingerprint density at radius 3 is 2.46 bits per heavy atom. The van der Waals surface area contributed by atoms with Crippen LogP contribution < -0.4 is 15.4 Å². The van der Waals surface area contributed by atoms with Crippen molar-refractivity contribution in [3.8, 4) is 5.75 Å². The van der Waals surface area contributed by atoms with Crippen molar-refractivity contribution < 1.29 is 41.4 Å². The molecule has 0 fully saturated rings. The van der Waals surface area contributed by atoms with E-state index in [2.05, 4.69) is 15.4 Å². The Kier molecular flexibility index (Phi) is 6.74. The van der Waals surface area contributed by atoms with Crippen LogP contribution in [0.1, 0.15) is 12.0 Å². The minimum atomic E-state index is -4.88. The quantitative estimate of drug-likeness (QED) is 0.656. The summed E-state index contributed by atoms with van der Waals surface area (Å²) in [6.45, 7) is -1.42. The average molecular weight is 356 g/mol. The summed E-state index contributed by atoms with van der Waals surface area (Å²) in [5.74, 6) is -1.95. The third kappa shape index (κ3) is 6.67. The van der Waals surface area contributed by atoms with Crippen LogP contribution in [0.25, 0.3) is 0 Å². The number of aliphatic carboxylic acids is 1. The number of nitrogens with one attached hydrogen (secondary N) is 2. The van der Waals surface area contributed by atoms with Gasteiger partial charge in [0.2, 0.25) is 0 Å². The lowest BCUT2D eigenvalue weighted by molar-refractivity contribution is -0.139. The molecule has 0 aliphatic heterocycles. The van der Waals surface area contributed by atoms with Crippen molar-refractivity contribution in [3.05, 3.63) is 23.8 Å². The Morgan fingerprint density at radius 2 is 1.92 bits per heavy atom. The minimum Gasteiger partial charge on any atom is -0.487 e. The molecule has 0 spiro atoms. The molecule has 0 atom stereocenters. The van der Waals surface area contributed by atoms with E-state index in [0.29, 0.717) is 6.07 Å². The lowest BCUT2D eigenvalue weighted by Gasteiger charge is -2.15. The number of carboxylic acid groups (broad SMARTS) is 1. The minimum absolute atomic E-state index is 0.219. The van der Waals surface area contributed by atoms with E-state index in [1.165, 1.54) is 0 Å². The summed E-state index contributed by atoms with van der Waals surface area (Å²) in [7, 11) is 0. The number of urea groups is 1. The lowest BCUT2D eigenvalue weighted by atomic mass is 10.1. The molecule has 0 aliphatic carbocycles. The van der Waals surface area contributed by atoms with Gasteiger partial charge in [-0.2, -0.15) is 13.2 Å². The summed E-state index contributed by atoms with van der Waals surface area (Å²) < 4.78 is 67.3. The molecular formula is C13H13F5N2O4. The predicted molar refractivity (Wildman–Crippen MR) is 72.2 cm³/mol. The van der Waals surface area contributed by atoms with Gasteiger partial charge in [0, 0.05) is 12.2 Å². The molecule has 0 radical (unpaired) electrons. The number of halogens is 5. The number of alkyl halides is 5.